The molecule has 2 rings (SSSR count). The summed E-state index contributed by atoms with van der Waals surface area (Å²) >= 11 is 11.5. The first kappa shape index (κ1) is 33.2. The van der Waals surface area contributed by atoms with Crippen molar-refractivity contribution < 1.29 is 38.9 Å². The van der Waals surface area contributed by atoms with Crippen LogP contribution in [-0.4, -0.2) is 85.2 Å². The van der Waals surface area contributed by atoms with E-state index in [9.17, 15) is 24.0 Å². The SMILES string of the molecule is COc1cccc(C(=O)Nc2ccc(Cl)c(Cl)c2)c1[Se]SC[C@@H](NC(=O)CC[C@@H](N)C(=O)O)C(=O)NCC(=O)O. The molecule has 216 valence electrons. The van der Waals surface area contributed by atoms with E-state index in [1.54, 1.807) is 30.3 Å². The third kappa shape index (κ3) is 10.5. The number of hydrogen-bond acceptors (Lipinski definition) is 8. The van der Waals surface area contributed by atoms with Crippen molar-refractivity contribution in [3.05, 3.63) is 52.0 Å². The summed E-state index contributed by atoms with van der Waals surface area (Å²) in [7, 11) is 2.69. The summed E-state index contributed by atoms with van der Waals surface area (Å²) in [4.78, 5) is 59.9. The van der Waals surface area contributed by atoms with Gasteiger partial charge in [0.1, 0.15) is 0 Å². The zero-order valence-electron chi connectivity index (χ0n) is 20.9. The van der Waals surface area contributed by atoms with Gasteiger partial charge in [0, 0.05) is 0 Å². The van der Waals surface area contributed by atoms with Gasteiger partial charge in [0.2, 0.25) is 0 Å². The Morgan fingerprint density at radius 2 is 1.82 bits per heavy atom. The number of hydrogen-bond donors (Lipinski definition) is 6. The molecule has 0 saturated heterocycles. The van der Waals surface area contributed by atoms with Crippen molar-refractivity contribution in [3.8, 4) is 5.75 Å². The second-order valence-electron chi connectivity index (χ2n) is 8.00. The van der Waals surface area contributed by atoms with Crippen LogP contribution in [0.2, 0.25) is 10.0 Å². The molecule has 0 saturated carbocycles. The van der Waals surface area contributed by atoms with E-state index in [-0.39, 0.29) is 23.6 Å². The molecule has 0 radical (unpaired) electrons. The van der Waals surface area contributed by atoms with Crippen molar-refractivity contribution in [2.24, 2.45) is 5.73 Å². The van der Waals surface area contributed by atoms with Crippen molar-refractivity contribution >= 4 is 87.0 Å². The van der Waals surface area contributed by atoms with Crippen molar-refractivity contribution in [2.75, 3.05) is 24.7 Å². The van der Waals surface area contributed by atoms with Gasteiger partial charge in [-0.25, -0.2) is 0 Å². The van der Waals surface area contributed by atoms with Crippen LogP contribution in [0.4, 0.5) is 5.69 Å². The molecular weight excluding hydrogens is 654 g/mol. The average molecular weight is 680 g/mol. The molecule has 0 aliphatic rings. The number of ether oxygens (including phenoxy) is 1. The molecular formula is C24H26Cl2N4O8SSe. The molecule has 2 aromatic rings. The number of rotatable bonds is 15. The van der Waals surface area contributed by atoms with Crippen LogP contribution in [-0.2, 0) is 19.2 Å². The number of nitrogens with one attached hydrogen (secondary N) is 3. The van der Waals surface area contributed by atoms with Crippen LogP contribution in [0, 0.1) is 0 Å². The fourth-order valence-corrected chi connectivity index (χ4v) is 7.81. The molecule has 0 fully saturated rings. The standard InChI is InChI=1S/C24H26Cl2N4O8SSe/c1-38-18-4-2-3-13(22(34)29-12-5-6-14(25)15(26)9-12)21(18)40-39-11-17(23(35)28-10-20(32)33)30-19(31)8-7-16(27)24(36)37/h2-6,9,16-17H,7-8,10-11,27H2,1H3,(H,28,35)(H,29,34)(H,30,31)(H,32,33)(H,36,37)/t16-,17-/m1/s1. The quantitative estimate of drug-likeness (QED) is 0.148. The fourth-order valence-electron chi connectivity index (χ4n) is 3.02. The van der Waals surface area contributed by atoms with Crippen molar-refractivity contribution in [2.45, 2.75) is 24.9 Å². The van der Waals surface area contributed by atoms with Gasteiger partial charge < -0.3 is 0 Å². The van der Waals surface area contributed by atoms with Crippen LogP contribution in [0.1, 0.15) is 23.2 Å². The molecule has 12 nitrogen and oxygen atoms in total. The van der Waals surface area contributed by atoms with Crippen molar-refractivity contribution in [3.63, 3.8) is 0 Å². The van der Waals surface area contributed by atoms with Gasteiger partial charge in [0.25, 0.3) is 0 Å². The monoisotopic (exact) mass is 680 g/mol. The number of carboxylic acid groups (broad SMARTS) is 2. The van der Waals surface area contributed by atoms with Gasteiger partial charge in [0.15, 0.2) is 0 Å². The molecule has 2 aromatic carbocycles. The van der Waals surface area contributed by atoms with Gasteiger partial charge in [0.05, 0.1) is 0 Å². The second kappa shape index (κ2) is 16.3. The summed E-state index contributed by atoms with van der Waals surface area (Å²) < 4.78 is 6.01. The predicted octanol–water partition coefficient (Wildman–Crippen LogP) is 1.11. The number of aliphatic carboxylic acids is 2. The van der Waals surface area contributed by atoms with Crippen LogP contribution in [0.5, 0.6) is 5.75 Å². The van der Waals surface area contributed by atoms with E-state index in [2.05, 4.69) is 16.0 Å². The molecule has 2 atom stereocenters. The number of anilines is 1. The Morgan fingerprint density at radius 3 is 2.45 bits per heavy atom. The third-order valence-electron chi connectivity index (χ3n) is 5.06. The molecule has 0 aliphatic heterocycles. The van der Waals surface area contributed by atoms with Gasteiger partial charge in [-0.15, -0.1) is 0 Å². The summed E-state index contributed by atoms with van der Waals surface area (Å²) in [6, 6.07) is 7.20. The van der Waals surface area contributed by atoms with Gasteiger partial charge in [-0.2, -0.15) is 0 Å². The number of benzene rings is 2. The fraction of sp³-hybridized carbons (Fsp3) is 0.292. The zero-order valence-corrected chi connectivity index (χ0v) is 25.0. The number of halogens is 2. The predicted molar refractivity (Wildman–Crippen MR) is 153 cm³/mol. The first-order chi connectivity index (χ1) is 18.9. The zero-order chi connectivity index (χ0) is 29.8. The first-order valence-corrected chi connectivity index (χ1v) is 16.0. The number of carbonyl (C=O) groups excluding carboxylic acids is 3. The summed E-state index contributed by atoms with van der Waals surface area (Å²) in [5.41, 5.74) is 6.17. The third-order valence-corrected chi connectivity index (χ3v) is 10.1. The Kier molecular flexibility index (Phi) is 13.5. The van der Waals surface area contributed by atoms with Crippen LogP contribution in [0.15, 0.2) is 36.4 Å². The van der Waals surface area contributed by atoms with E-state index in [0.717, 1.165) is 0 Å². The summed E-state index contributed by atoms with van der Waals surface area (Å²) in [6.07, 6.45) is -0.405. The Labute approximate surface area is 248 Å². The van der Waals surface area contributed by atoms with E-state index >= 15 is 0 Å². The molecule has 0 spiro atoms. The Balaban J connectivity index is 2.16. The molecule has 40 heavy (non-hydrogen) atoms. The second-order valence-corrected chi connectivity index (χ2v) is 12.9. The average Bonchev–Trinajstić information content (AvgIpc) is 2.91. The number of carboxylic acids is 2. The Morgan fingerprint density at radius 1 is 1.10 bits per heavy atom. The normalized spacial score (nSPS) is 12.1. The molecule has 16 heteroatoms. The summed E-state index contributed by atoms with van der Waals surface area (Å²) in [5, 5.41) is 25.8. The summed E-state index contributed by atoms with van der Waals surface area (Å²) in [6.45, 7) is -0.656. The van der Waals surface area contributed by atoms with E-state index < -0.39 is 62.1 Å². The van der Waals surface area contributed by atoms with Crippen LogP contribution >= 0.6 is 33.4 Å². The molecule has 0 unspecified atom stereocenters. The Bertz CT molecular complexity index is 1270. The minimum atomic E-state index is -1.27. The van der Waals surface area contributed by atoms with Gasteiger partial charge >= 0.3 is 250 Å². The first-order valence-electron chi connectivity index (χ1n) is 11.4. The topological polar surface area (TPSA) is 197 Å². The molecule has 3 amide bonds. The van der Waals surface area contributed by atoms with Crippen molar-refractivity contribution in [1.82, 2.24) is 10.6 Å². The maximum atomic E-state index is 13.1. The number of nitrogens with two attached hydrogens (primary N) is 1. The number of methoxy groups -OCH3 is 1. The molecule has 0 aromatic heterocycles. The summed E-state index contributed by atoms with van der Waals surface area (Å²) in [5.74, 6) is -3.87. The van der Waals surface area contributed by atoms with E-state index in [1.165, 1.54) is 23.4 Å². The van der Waals surface area contributed by atoms with E-state index in [1.807, 2.05) is 0 Å². The number of carbonyl (C=O) groups is 5. The molecule has 0 bridgehead atoms. The number of amides is 3. The van der Waals surface area contributed by atoms with E-state index in [4.69, 9.17) is 43.9 Å². The Hall–Kier alpha value is -3.00. The molecule has 0 aliphatic carbocycles. The van der Waals surface area contributed by atoms with Gasteiger partial charge in [-0.1, -0.05) is 0 Å². The van der Waals surface area contributed by atoms with Crippen LogP contribution < -0.4 is 30.9 Å². The maximum absolute atomic E-state index is 13.1. The molecule has 7 N–H and O–H groups in total. The van der Waals surface area contributed by atoms with Crippen molar-refractivity contribution in [1.29, 1.82) is 0 Å². The molecule has 0 heterocycles. The van der Waals surface area contributed by atoms with Gasteiger partial charge in [-0.3, -0.25) is 0 Å². The van der Waals surface area contributed by atoms with Crippen LogP contribution in [0.25, 0.3) is 0 Å². The van der Waals surface area contributed by atoms with E-state index in [0.29, 0.717) is 26.5 Å². The van der Waals surface area contributed by atoms with Gasteiger partial charge in [-0.05, 0) is 0 Å². The minimum absolute atomic E-state index is 0.0219. The van der Waals surface area contributed by atoms with Crippen LogP contribution in [0.3, 0.4) is 0 Å².